The van der Waals surface area contributed by atoms with E-state index in [0.717, 1.165) is 37.6 Å². The third-order valence-corrected chi connectivity index (χ3v) is 8.41. The lowest BCUT2D eigenvalue weighted by Crippen LogP contribution is -2.41. The Hall–Kier alpha value is -3.37. The third-order valence-electron chi connectivity index (χ3n) is 7.00. The summed E-state index contributed by atoms with van der Waals surface area (Å²) in [7, 11) is 1.99. The molecule has 2 aromatic heterocycles. The quantitative estimate of drug-likeness (QED) is 0.465. The number of nitrogens with one attached hydrogen (secondary N) is 1. The van der Waals surface area contributed by atoms with Gasteiger partial charge in [0.05, 0.1) is 6.20 Å². The molecule has 1 aromatic carbocycles. The molecule has 3 aromatic rings. The number of aromatic nitrogens is 3. The van der Waals surface area contributed by atoms with Gasteiger partial charge in [-0.05, 0) is 68.6 Å². The van der Waals surface area contributed by atoms with Gasteiger partial charge in [-0.3, -0.25) is 9.69 Å². The largest absolute Gasteiger partial charge is 0.415 e. The van der Waals surface area contributed by atoms with Gasteiger partial charge in [-0.15, -0.1) is 0 Å². The van der Waals surface area contributed by atoms with E-state index >= 15 is 0 Å². The van der Waals surface area contributed by atoms with E-state index in [1.165, 1.54) is 31.0 Å². The summed E-state index contributed by atoms with van der Waals surface area (Å²) >= 11 is 1.75. The molecule has 2 aliphatic heterocycles. The van der Waals surface area contributed by atoms with Crippen LogP contribution in [0, 0.1) is 0 Å². The van der Waals surface area contributed by atoms with Crippen molar-refractivity contribution in [1.29, 1.82) is 0 Å². The first-order chi connectivity index (χ1) is 18.5. The molecule has 2 aliphatic rings. The zero-order valence-electron chi connectivity index (χ0n) is 21.7. The van der Waals surface area contributed by atoms with Crippen molar-refractivity contribution in [3.8, 4) is 5.75 Å². The lowest BCUT2D eigenvalue weighted by Gasteiger charge is -2.30. The number of anilines is 1. The number of rotatable bonds is 7. The van der Waals surface area contributed by atoms with E-state index in [-0.39, 0.29) is 12.0 Å². The lowest BCUT2D eigenvalue weighted by atomic mass is 10.1. The zero-order chi connectivity index (χ0) is 26.3. The Morgan fingerprint density at radius 1 is 1.00 bits per heavy atom. The maximum absolute atomic E-state index is 12.7. The van der Waals surface area contributed by atoms with Gasteiger partial charge in [0, 0.05) is 49.9 Å². The minimum atomic E-state index is -0.381. The standard InChI is InChI=1S/C28H34N6O3S/c1-32-18-13-29-27(32)38-24-11-16-34(17-12-24)28(36)37-23-9-10-25(30-19-23)31-26(35)22-7-5-21(6-8-22)20-33-14-3-2-4-15-33/h5-10,13,18-19,24H,2-4,11-12,14-17,20H2,1H3,(H,30,31,35). The number of pyridine rings is 1. The van der Waals surface area contributed by atoms with E-state index in [1.807, 2.05) is 42.1 Å². The summed E-state index contributed by atoms with van der Waals surface area (Å²) in [5.74, 6) is 0.525. The second-order valence-corrected chi connectivity index (χ2v) is 11.1. The van der Waals surface area contributed by atoms with Crippen LogP contribution in [0.1, 0.15) is 48.0 Å². The fraction of sp³-hybridized carbons (Fsp3) is 0.429. The van der Waals surface area contributed by atoms with Gasteiger partial charge in [0.1, 0.15) is 5.82 Å². The minimum absolute atomic E-state index is 0.224. The molecule has 2 fully saturated rings. The van der Waals surface area contributed by atoms with E-state index in [2.05, 4.69) is 20.2 Å². The van der Waals surface area contributed by atoms with Gasteiger partial charge in [0.15, 0.2) is 10.9 Å². The highest BCUT2D eigenvalue weighted by atomic mass is 32.2. The summed E-state index contributed by atoms with van der Waals surface area (Å²) in [6.45, 7) is 4.48. The average molecular weight is 535 g/mol. The molecule has 4 heterocycles. The maximum Gasteiger partial charge on any atom is 0.415 e. The number of piperidine rings is 2. The maximum atomic E-state index is 12.7. The Labute approximate surface area is 227 Å². The molecule has 38 heavy (non-hydrogen) atoms. The fourth-order valence-electron chi connectivity index (χ4n) is 4.78. The SMILES string of the molecule is Cn1ccnc1SC1CCN(C(=O)Oc2ccc(NC(=O)c3ccc(CN4CCCCC4)cc3)nc2)CC1. The van der Waals surface area contributed by atoms with Crippen molar-refractivity contribution in [2.24, 2.45) is 7.05 Å². The number of likely N-dealkylation sites (tertiary alicyclic amines) is 2. The molecule has 0 unspecified atom stereocenters. The smallest absolute Gasteiger partial charge is 0.409 e. The topological polar surface area (TPSA) is 92.6 Å². The van der Waals surface area contributed by atoms with Crippen LogP contribution in [-0.4, -0.2) is 67.8 Å². The van der Waals surface area contributed by atoms with E-state index in [4.69, 9.17) is 4.74 Å². The fourth-order valence-corrected chi connectivity index (χ4v) is 5.87. The Morgan fingerprint density at radius 2 is 1.76 bits per heavy atom. The molecule has 0 atom stereocenters. The molecule has 9 nitrogen and oxygen atoms in total. The van der Waals surface area contributed by atoms with Gasteiger partial charge < -0.3 is 19.5 Å². The number of carbonyl (C=O) groups excluding carboxylic acids is 2. The first-order valence-electron chi connectivity index (χ1n) is 13.2. The van der Waals surface area contributed by atoms with Gasteiger partial charge in [-0.1, -0.05) is 30.3 Å². The van der Waals surface area contributed by atoms with E-state index in [1.54, 1.807) is 35.0 Å². The second-order valence-electron chi connectivity index (χ2n) is 9.86. The highest BCUT2D eigenvalue weighted by molar-refractivity contribution is 7.99. The molecule has 200 valence electrons. The first kappa shape index (κ1) is 26.2. The molecule has 2 amide bonds. The van der Waals surface area contributed by atoms with Crippen LogP contribution in [0.15, 0.2) is 60.1 Å². The van der Waals surface area contributed by atoms with Crippen LogP contribution in [0.25, 0.3) is 0 Å². The lowest BCUT2D eigenvalue weighted by molar-refractivity contribution is 0.102. The van der Waals surface area contributed by atoms with Crippen molar-refractivity contribution in [3.05, 3.63) is 66.1 Å². The third kappa shape index (κ3) is 6.93. The number of nitrogens with zero attached hydrogens (tertiary/aromatic N) is 5. The van der Waals surface area contributed by atoms with Crippen LogP contribution in [0.2, 0.25) is 0 Å². The van der Waals surface area contributed by atoms with Gasteiger partial charge in [-0.2, -0.15) is 0 Å². The summed E-state index contributed by atoms with van der Waals surface area (Å²) in [5.41, 5.74) is 1.79. The molecule has 0 spiro atoms. The Kier molecular flexibility index (Phi) is 8.60. The zero-order valence-corrected chi connectivity index (χ0v) is 22.5. The van der Waals surface area contributed by atoms with Crippen LogP contribution in [0.4, 0.5) is 10.6 Å². The minimum Gasteiger partial charge on any atom is -0.409 e. The monoisotopic (exact) mass is 534 g/mol. The molecule has 5 rings (SSSR count). The molecule has 0 bridgehead atoms. The Morgan fingerprint density at radius 3 is 2.42 bits per heavy atom. The summed E-state index contributed by atoms with van der Waals surface area (Å²) in [5, 5.41) is 4.23. The molecule has 10 heteroatoms. The Bertz CT molecular complexity index is 1220. The average Bonchev–Trinajstić information content (AvgIpc) is 3.35. The normalized spacial score (nSPS) is 16.8. The van der Waals surface area contributed by atoms with Crippen molar-refractivity contribution in [3.63, 3.8) is 0 Å². The van der Waals surface area contributed by atoms with Crippen molar-refractivity contribution in [1.82, 2.24) is 24.3 Å². The van der Waals surface area contributed by atoms with Crippen LogP contribution in [-0.2, 0) is 13.6 Å². The van der Waals surface area contributed by atoms with Crippen LogP contribution < -0.4 is 10.1 Å². The van der Waals surface area contributed by atoms with Gasteiger partial charge in [0.25, 0.3) is 5.91 Å². The number of imidazole rings is 1. The molecule has 0 radical (unpaired) electrons. The number of hydrogen-bond acceptors (Lipinski definition) is 7. The summed E-state index contributed by atoms with van der Waals surface area (Å²) in [6, 6.07) is 11.0. The number of ether oxygens (including phenoxy) is 1. The molecule has 0 saturated carbocycles. The van der Waals surface area contributed by atoms with Crippen LogP contribution >= 0.6 is 11.8 Å². The van der Waals surface area contributed by atoms with Crippen molar-refractivity contribution in [2.45, 2.75) is 49.1 Å². The van der Waals surface area contributed by atoms with Gasteiger partial charge >= 0.3 is 6.09 Å². The second kappa shape index (κ2) is 12.4. The summed E-state index contributed by atoms with van der Waals surface area (Å²) in [4.78, 5) is 38.1. The Balaban J connectivity index is 1.07. The molecule has 2 saturated heterocycles. The van der Waals surface area contributed by atoms with E-state index < -0.39 is 0 Å². The number of hydrogen-bond donors (Lipinski definition) is 1. The summed E-state index contributed by atoms with van der Waals surface area (Å²) in [6.07, 6.45) is 10.4. The predicted molar refractivity (Wildman–Crippen MR) is 147 cm³/mol. The number of benzene rings is 1. The van der Waals surface area contributed by atoms with Gasteiger partial charge in [0.2, 0.25) is 0 Å². The summed E-state index contributed by atoms with van der Waals surface area (Å²) < 4.78 is 7.53. The predicted octanol–water partition coefficient (Wildman–Crippen LogP) is 4.81. The molecule has 0 aliphatic carbocycles. The van der Waals surface area contributed by atoms with Crippen molar-refractivity contribution < 1.29 is 14.3 Å². The van der Waals surface area contributed by atoms with E-state index in [0.29, 0.717) is 35.5 Å². The highest BCUT2D eigenvalue weighted by Crippen LogP contribution is 2.29. The van der Waals surface area contributed by atoms with E-state index in [9.17, 15) is 9.59 Å². The number of carbonyl (C=O) groups is 2. The number of thioether (sulfide) groups is 1. The molecular weight excluding hydrogens is 500 g/mol. The molecule has 1 N–H and O–H groups in total. The molecular formula is C28H34N6O3S. The van der Waals surface area contributed by atoms with Crippen molar-refractivity contribution >= 4 is 29.6 Å². The van der Waals surface area contributed by atoms with Crippen LogP contribution in [0.5, 0.6) is 5.75 Å². The first-order valence-corrected chi connectivity index (χ1v) is 14.1. The van der Waals surface area contributed by atoms with Crippen molar-refractivity contribution in [2.75, 3.05) is 31.5 Å². The number of amides is 2. The highest BCUT2D eigenvalue weighted by Gasteiger charge is 2.25. The van der Waals surface area contributed by atoms with Crippen LogP contribution in [0.3, 0.4) is 0 Å². The van der Waals surface area contributed by atoms with Gasteiger partial charge in [-0.25, -0.2) is 14.8 Å². The number of aryl methyl sites for hydroxylation is 1.